The minimum atomic E-state index is 0.872. The molecule has 2 heteroatoms. The number of likely N-dealkylation sites (tertiary alicyclic amines) is 1. The molecule has 0 unspecified atom stereocenters. The van der Waals surface area contributed by atoms with E-state index in [1.165, 1.54) is 57.5 Å². The summed E-state index contributed by atoms with van der Waals surface area (Å²) in [7, 11) is 0. The molecule has 0 amide bonds. The van der Waals surface area contributed by atoms with Crippen LogP contribution >= 0.6 is 0 Å². The summed E-state index contributed by atoms with van der Waals surface area (Å²) < 4.78 is 0. The second-order valence-corrected chi connectivity index (χ2v) is 5.66. The second kappa shape index (κ2) is 8.76. The van der Waals surface area contributed by atoms with E-state index in [9.17, 15) is 0 Å². The Balaban J connectivity index is 1.68. The Morgan fingerprint density at radius 3 is 2.80 bits per heavy atom. The molecule has 108 valence electrons. The first-order chi connectivity index (χ1) is 9.88. The first kappa shape index (κ1) is 15.1. The lowest BCUT2D eigenvalue weighted by Crippen LogP contribution is -2.30. The molecule has 20 heavy (non-hydrogen) atoms. The monoisotopic (exact) mass is 270 g/mol. The fourth-order valence-electron chi connectivity index (χ4n) is 2.83. The van der Waals surface area contributed by atoms with Crippen molar-refractivity contribution in [3.8, 4) is 12.3 Å². The second-order valence-electron chi connectivity index (χ2n) is 5.66. The predicted molar refractivity (Wildman–Crippen MR) is 87.1 cm³/mol. The van der Waals surface area contributed by atoms with Crippen LogP contribution < -0.4 is 0 Å². The van der Waals surface area contributed by atoms with Gasteiger partial charge in [0, 0.05) is 17.8 Å². The van der Waals surface area contributed by atoms with Crippen LogP contribution in [0.4, 0.5) is 0 Å². The topological polar surface area (TPSA) is 15.6 Å². The standard InChI is InChI=1S/C18H26N2/c1-2-17-9-8-13-19-18(12-11-17)10-4-7-16-20-14-5-3-6-15-20/h1,9,11-12H,3-8,10,13-16H2/b12-11-,17-9+,19-18+. The maximum atomic E-state index is 5.46. The van der Waals surface area contributed by atoms with E-state index in [1.54, 1.807) is 0 Å². The number of piperidine rings is 1. The third kappa shape index (κ3) is 5.35. The van der Waals surface area contributed by atoms with E-state index < -0.39 is 0 Å². The molecule has 1 fully saturated rings. The van der Waals surface area contributed by atoms with Crippen molar-refractivity contribution in [1.29, 1.82) is 0 Å². The highest BCUT2D eigenvalue weighted by Crippen LogP contribution is 2.11. The molecule has 0 aliphatic carbocycles. The number of terminal acetylenes is 1. The summed E-state index contributed by atoms with van der Waals surface area (Å²) in [4.78, 5) is 7.25. The van der Waals surface area contributed by atoms with Crippen molar-refractivity contribution in [2.45, 2.75) is 44.9 Å². The van der Waals surface area contributed by atoms with Crippen LogP contribution in [0.1, 0.15) is 44.9 Å². The number of unbranched alkanes of at least 4 members (excludes halogenated alkanes) is 1. The van der Waals surface area contributed by atoms with Gasteiger partial charge in [-0.3, -0.25) is 4.99 Å². The Labute approximate surface area is 123 Å². The summed E-state index contributed by atoms with van der Waals surface area (Å²) in [6.07, 6.45) is 20.4. The van der Waals surface area contributed by atoms with Crippen LogP contribution in [0, 0.1) is 12.3 Å². The lowest BCUT2D eigenvalue weighted by molar-refractivity contribution is 0.225. The Hall–Kier alpha value is -1.33. The Morgan fingerprint density at radius 2 is 2.00 bits per heavy atom. The summed E-state index contributed by atoms with van der Waals surface area (Å²) >= 11 is 0. The van der Waals surface area contributed by atoms with Crippen LogP contribution in [0.15, 0.2) is 28.8 Å². The molecule has 0 aromatic heterocycles. The third-order valence-corrected chi connectivity index (χ3v) is 4.04. The van der Waals surface area contributed by atoms with Gasteiger partial charge in [-0.05, 0) is 70.3 Å². The van der Waals surface area contributed by atoms with Gasteiger partial charge in [0.2, 0.25) is 0 Å². The number of aliphatic imine (C=N–C) groups is 1. The average Bonchev–Trinajstić information content (AvgIpc) is 2.47. The minimum absolute atomic E-state index is 0.872. The Bertz CT molecular complexity index is 417. The SMILES string of the molecule is C#CC1=C\CC/N=C(CCCCN2CCCCC2)/C=C\1. The van der Waals surface area contributed by atoms with Gasteiger partial charge in [0.15, 0.2) is 0 Å². The Kier molecular flexibility index (Phi) is 6.60. The van der Waals surface area contributed by atoms with Crippen molar-refractivity contribution in [3.63, 3.8) is 0 Å². The van der Waals surface area contributed by atoms with Gasteiger partial charge in [-0.2, -0.15) is 0 Å². The molecule has 0 saturated carbocycles. The molecular formula is C18H26N2. The minimum Gasteiger partial charge on any atom is -0.303 e. The van der Waals surface area contributed by atoms with E-state index >= 15 is 0 Å². The number of hydrogen-bond donors (Lipinski definition) is 0. The zero-order valence-corrected chi connectivity index (χ0v) is 12.5. The van der Waals surface area contributed by atoms with Crippen LogP contribution in [0.2, 0.25) is 0 Å². The lowest BCUT2D eigenvalue weighted by atomic mass is 10.1. The van der Waals surface area contributed by atoms with Gasteiger partial charge in [-0.25, -0.2) is 0 Å². The van der Waals surface area contributed by atoms with Crippen molar-refractivity contribution in [2.24, 2.45) is 4.99 Å². The summed E-state index contributed by atoms with van der Waals surface area (Å²) in [5.74, 6) is 2.72. The van der Waals surface area contributed by atoms with Gasteiger partial charge < -0.3 is 4.90 Å². The molecule has 0 aromatic rings. The molecule has 0 N–H and O–H groups in total. The summed E-state index contributed by atoms with van der Waals surface area (Å²) in [5, 5.41) is 0. The first-order valence-corrected chi connectivity index (χ1v) is 7.99. The number of hydrogen-bond acceptors (Lipinski definition) is 2. The van der Waals surface area contributed by atoms with Crippen molar-refractivity contribution < 1.29 is 0 Å². The van der Waals surface area contributed by atoms with Gasteiger partial charge in [-0.15, -0.1) is 6.42 Å². The van der Waals surface area contributed by atoms with Crippen molar-refractivity contribution >= 4 is 5.71 Å². The smallest absolute Gasteiger partial charge is 0.0427 e. The van der Waals surface area contributed by atoms with Crippen LogP contribution in [-0.4, -0.2) is 36.8 Å². The lowest BCUT2D eigenvalue weighted by Gasteiger charge is -2.26. The van der Waals surface area contributed by atoms with Gasteiger partial charge in [0.1, 0.15) is 0 Å². The quantitative estimate of drug-likeness (QED) is 0.550. The molecule has 2 nitrogen and oxygen atoms in total. The Morgan fingerprint density at radius 1 is 1.15 bits per heavy atom. The molecule has 2 rings (SSSR count). The molecule has 0 atom stereocenters. The van der Waals surface area contributed by atoms with E-state index in [4.69, 9.17) is 6.42 Å². The van der Waals surface area contributed by atoms with Crippen LogP contribution in [0.25, 0.3) is 0 Å². The number of nitrogens with zero attached hydrogens (tertiary/aromatic N) is 2. The summed E-state index contributed by atoms with van der Waals surface area (Å²) in [6, 6.07) is 0. The summed E-state index contributed by atoms with van der Waals surface area (Å²) in [6.45, 7) is 4.73. The molecular weight excluding hydrogens is 244 g/mol. The van der Waals surface area contributed by atoms with E-state index in [0.717, 1.165) is 25.0 Å². The van der Waals surface area contributed by atoms with E-state index in [0.29, 0.717) is 0 Å². The van der Waals surface area contributed by atoms with Crippen molar-refractivity contribution in [2.75, 3.05) is 26.2 Å². The maximum Gasteiger partial charge on any atom is 0.0427 e. The third-order valence-electron chi connectivity index (χ3n) is 4.04. The molecule has 2 aliphatic rings. The molecule has 0 aromatic carbocycles. The van der Waals surface area contributed by atoms with Crippen molar-refractivity contribution in [3.05, 3.63) is 23.8 Å². The number of allylic oxidation sites excluding steroid dienone is 3. The van der Waals surface area contributed by atoms with Crippen LogP contribution in [0.5, 0.6) is 0 Å². The van der Waals surface area contributed by atoms with Gasteiger partial charge in [0.25, 0.3) is 0 Å². The molecule has 0 spiro atoms. The van der Waals surface area contributed by atoms with Gasteiger partial charge >= 0.3 is 0 Å². The zero-order chi connectivity index (χ0) is 14.0. The van der Waals surface area contributed by atoms with Crippen molar-refractivity contribution in [1.82, 2.24) is 4.90 Å². The summed E-state index contributed by atoms with van der Waals surface area (Å²) in [5.41, 5.74) is 2.20. The average molecular weight is 270 g/mol. The van der Waals surface area contributed by atoms with Gasteiger partial charge in [0.05, 0.1) is 0 Å². The zero-order valence-electron chi connectivity index (χ0n) is 12.5. The normalized spacial score (nSPS) is 27.4. The number of rotatable bonds is 5. The highest BCUT2D eigenvalue weighted by atomic mass is 15.1. The first-order valence-electron chi connectivity index (χ1n) is 7.99. The largest absolute Gasteiger partial charge is 0.303 e. The molecule has 2 aliphatic heterocycles. The van der Waals surface area contributed by atoms with Gasteiger partial charge in [-0.1, -0.05) is 18.4 Å². The van der Waals surface area contributed by atoms with Crippen LogP contribution in [0.3, 0.4) is 0 Å². The fourth-order valence-corrected chi connectivity index (χ4v) is 2.83. The molecule has 0 radical (unpaired) electrons. The molecule has 2 heterocycles. The highest BCUT2D eigenvalue weighted by Gasteiger charge is 2.09. The highest BCUT2D eigenvalue weighted by molar-refractivity contribution is 5.95. The maximum absolute atomic E-state index is 5.46. The predicted octanol–water partition coefficient (Wildman–Crippen LogP) is 3.60. The molecule has 1 saturated heterocycles. The van der Waals surface area contributed by atoms with E-state index in [1.807, 2.05) is 6.08 Å². The van der Waals surface area contributed by atoms with Crippen LogP contribution in [-0.2, 0) is 0 Å². The fraction of sp³-hybridized carbons (Fsp3) is 0.611. The van der Waals surface area contributed by atoms with E-state index in [2.05, 4.69) is 28.0 Å². The molecule has 0 bridgehead atoms. The van der Waals surface area contributed by atoms with E-state index in [-0.39, 0.29) is 0 Å².